The first kappa shape index (κ1) is 15.9. The fraction of sp³-hybridized carbons (Fsp3) is 0.500. The summed E-state index contributed by atoms with van der Waals surface area (Å²) >= 11 is 1.16. The second kappa shape index (κ2) is 6.61. The molecule has 0 spiro atoms. The third kappa shape index (κ3) is 5.19. The van der Waals surface area contributed by atoms with Crippen LogP contribution in [0.2, 0.25) is 0 Å². The molecule has 15 heavy (non-hydrogen) atoms. The smallest absolute Gasteiger partial charge is 0.387 e. The fourth-order valence-corrected chi connectivity index (χ4v) is 1.67. The first-order chi connectivity index (χ1) is 6.41. The Morgan fingerprint density at radius 3 is 2.33 bits per heavy atom. The summed E-state index contributed by atoms with van der Waals surface area (Å²) in [5.74, 6) is 0. The van der Waals surface area contributed by atoms with Crippen LogP contribution in [0.5, 0.6) is 0 Å². The van der Waals surface area contributed by atoms with Gasteiger partial charge in [0.1, 0.15) is 0 Å². The van der Waals surface area contributed by atoms with E-state index in [-0.39, 0.29) is 46.9 Å². The van der Waals surface area contributed by atoms with E-state index in [0.717, 1.165) is 11.3 Å². The summed E-state index contributed by atoms with van der Waals surface area (Å²) in [6.45, 7) is 0. The zero-order chi connectivity index (χ0) is 10.8. The molecular formula is C8H9F3O2SYb. The zero-order valence-corrected chi connectivity index (χ0v) is 9.83. The molecule has 0 aliphatic carbocycles. The minimum atomic E-state index is -4.67. The molecule has 0 aliphatic rings. The molecule has 0 aromatic carbocycles. The number of aliphatic hydroxyl groups excluding tert-OH is 2. The predicted octanol–water partition coefficient (Wildman–Crippen LogP) is 2.09. The van der Waals surface area contributed by atoms with E-state index in [2.05, 4.69) is 0 Å². The van der Waals surface area contributed by atoms with Gasteiger partial charge in [-0.2, -0.15) is 13.2 Å². The van der Waals surface area contributed by atoms with Gasteiger partial charge in [0.25, 0.3) is 0 Å². The second-order valence-electron chi connectivity index (χ2n) is 2.82. The Hall–Kier alpha value is 0.929. The van der Waals surface area contributed by atoms with Crippen LogP contribution in [-0.4, -0.2) is 22.5 Å². The molecule has 1 aromatic heterocycles. The Morgan fingerprint density at radius 1 is 1.33 bits per heavy atom. The van der Waals surface area contributed by atoms with E-state index in [1.165, 1.54) is 6.07 Å². The summed E-state index contributed by atoms with van der Waals surface area (Å²) in [5.41, 5.74) is 0. The molecule has 0 radical (unpaired) electrons. The molecule has 2 N–H and O–H groups in total. The summed E-state index contributed by atoms with van der Waals surface area (Å²) in [4.78, 5) is 0.424. The van der Waals surface area contributed by atoms with Crippen LogP contribution in [0.25, 0.3) is 0 Å². The Balaban J connectivity index is 0.00000196. The summed E-state index contributed by atoms with van der Waals surface area (Å²) in [7, 11) is 0. The number of rotatable bonds is 3. The van der Waals surface area contributed by atoms with Gasteiger partial charge in [-0.15, -0.1) is 11.3 Å². The van der Waals surface area contributed by atoms with E-state index < -0.39 is 24.8 Å². The molecule has 1 aromatic rings. The third-order valence-electron chi connectivity index (χ3n) is 1.70. The number of hydrogen-bond acceptors (Lipinski definition) is 3. The van der Waals surface area contributed by atoms with Gasteiger partial charge < -0.3 is 10.2 Å². The van der Waals surface area contributed by atoms with Gasteiger partial charge in [0.15, 0.2) is 6.10 Å². The number of halogens is 3. The van der Waals surface area contributed by atoms with Crippen molar-refractivity contribution in [2.45, 2.75) is 24.8 Å². The maximum atomic E-state index is 11.9. The van der Waals surface area contributed by atoms with E-state index >= 15 is 0 Å². The van der Waals surface area contributed by atoms with Crippen molar-refractivity contribution in [1.82, 2.24) is 0 Å². The van der Waals surface area contributed by atoms with Gasteiger partial charge in [-0.1, -0.05) is 6.07 Å². The first-order valence-electron chi connectivity index (χ1n) is 3.87. The topological polar surface area (TPSA) is 40.5 Å². The number of aliphatic hydroxyl groups is 2. The maximum Gasteiger partial charge on any atom is 0.414 e. The van der Waals surface area contributed by atoms with E-state index in [1.54, 1.807) is 11.4 Å². The quantitative estimate of drug-likeness (QED) is 0.818. The summed E-state index contributed by atoms with van der Waals surface area (Å²) in [6, 6.07) is 3.15. The van der Waals surface area contributed by atoms with Crippen LogP contribution in [0.3, 0.4) is 0 Å². The van der Waals surface area contributed by atoms with Crippen molar-refractivity contribution < 1.29 is 70.3 Å². The third-order valence-corrected chi connectivity index (χ3v) is 2.67. The molecule has 0 saturated heterocycles. The Labute approximate surface area is 127 Å². The molecule has 2 unspecified atom stereocenters. The van der Waals surface area contributed by atoms with E-state index in [1.807, 2.05) is 0 Å². The van der Waals surface area contributed by atoms with Crippen LogP contribution in [-0.2, 0) is 0 Å². The minimum absolute atomic E-state index is 0. The van der Waals surface area contributed by atoms with E-state index in [4.69, 9.17) is 5.11 Å². The number of hydrogen-bond donors (Lipinski definition) is 2. The maximum absolute atomic E-state index is 11.9. The molecule has 94 valence electrons. The van der Waals surface area contributed by atoms with Crippen LogP contribution in [0.15, 0.2) is 17.5 Å². The van der Waals surface area contributed by atoms with Crippen molar-refractivity contribution in [3.05, 3.63) is 22.4 Å². The standard InChI is InChI=1S/C8H9F3O2S.Yb/c9-8(10,11)7(13)4-5(12)6-2-1-3-14-6;/h1-3,5,7,12-13H,4H2;. The number of alkyl halides is 3. The van der Waals surface area contributed by atoms with Crippen LogP contribution >= 0.6 is 11.3 Å². The molecule has 0 fully saturated rings. The van der Waals surface area contributed by atoms with Crippen LogP contribution in [0, 0.1) is 46.9 Å². The van der Waals surface area contributed by atoms with Gasteiger partial charge in [0.05, 0.1) is 6.10 Å². The van der Waals surface area contributed by atoms with Gasteiger partial charge in [-0.25, -0.2) is 0 Å². The molecule has 0 bridgehead atoms. The average Bonchev–Trinajstić information content (AvgIpc) is 2.53. The molecule has 1 heterocycles. The Kier molecular flexibility index (Phi) is 7.02. The average molecular weight is 399 g/mol. The normalized spacial score (nSPS) is 15.5. The molecule has 2 nitrogen and oxygen atoms in total. The molecular weight excluding hydrogens is 390 g/mol. The molecule has 0 amide bonds. The van der Waals surface area contributed by atoms with E-state index in [0.29, 0.717) is 4.88 Å². The van der Waals surface area contributed by atoms with Crippen molar-refractivity contribution in [3.8, 4) is 0 Å². The molecule has 0 saturated carbocycles. The summed E-state index contributed by atoms with van der Waals surface area (Å²) in [5, 5.41) is 19.6. The molecule has 2 atom stereocenters. The van der Waals surface area contributed by atoms with Crippen molar-refractivity contribution in [2.75, 3.05) is 0 Å². The van der Waals surface area contributed by atoms with Gasteiger partial charge in [0, 0.05) is 58.2 Å². The van der Waals surface area contributed by atoms with Crippen molar-refractivity contribution in [3.63, 3.8) is 0 Å². The van der Waals surface area contributed by atoms with E-state index in [9.17, 15) is 18.3 Å². The van der Waals surface area contributed by atoms with Crippen molar-refractivity contribution >= 4 is 11.3 Å². The summed E-state index contributed by atoms with van der Waals surface area (Å²) in [6.07, 6.45) is -9.12. The van der Waals surface area contributed by atoms with Crippen molar-refractivity contribution in [2.24, 2.45) is 0 Å². The van der Waals surface area contributed by atoms with Gasteiger partial charge in [-0.3, -0.25) is 0 Å². The zero-order valence-electron chi connectivity index (χ0n) is 7.30. The van der Waals surface area contributed by atoms with Gasteiger partial charge >= 0.3 is 6.18 Å². The summed E-state index contributed by atoms with van der Waals surface area (Å²) < 4.78 is 35.7. The molecule has 0 aliphatic heterocycles. The predicted molar refractivity (Wildman–Crippen MR) is 46.0 cm³/mol. The monoisotopic (exact) mass is 400 g/mol. The molecule has 7 heteroatoms. The van der Waals surface area contributed by atoms with Crippen LogP contribution in [0.4, 0.5) is 13.2 Å². The van der Waals surface area contributed by atoms with Gasteiger partial charge in [-0.05, 0) is 11.4 Å². The number of thiophene rings is 1. The second-order valence-corrected chi connectivity index (χ2v) is 3.80. The van der Waals surface area contributed by atoms with Crippen molar-refractivity contribution in [1.29, 1.82) is 0 Å². The fourth-order valence-electron chi connectivity index (χ4n) is 0.942. The first-order valence-corrected chi connectivity index (χ1v) is 4.75. The molecule has 1 rings (SSSR count). The van der Waals surface area contributed by atoms with Crippen LogP contribution in [0.1, 0.15) is 17.4 Å². The Bertz CT molecular complexity index is 276. The minimum Gasteiger partial charge on any atom is -0.387 e. The SMILES string of the molecule is OC(CC(O)C(F)(F)F)c1cccs1.[Yb]. The van der Waals surface area contributed by atoms with Gasteiger partial charge in [0.2, 0.25) is 0 Å². The Morgan fingerprint density at radius 2 is 1.93 bits per heavy atom. The largest absolute Gasteiger partial charge is 0.414 e. The van der Waals surface area contributed by atoms with Crippen LogP contribution < -0.4 is 0 Å².